The van der Waals surface area contributed by atoms with E-state index in [0.29, 0.717) is 0 Å². The summed E-state index contributed by atoms with van der Waals surface area (Å²) in [5.74, 6) is -5.95. The van der Waals surface area contributed by atoms with Crippen molar-refractivity contribution < 1.29 is 48.0 Å². The van der Waals surface area contributed by atoms with Gasteiger partial charge < -0.3 is 34.5 Å². The van der Waals surface area contributed by atoms with Gasteiger partial charge in [-0.2, -0.15) is 0 Å². The molecule has 1 heterocycles. The number of hydrogen-bond acceptors (Lipinski definition) is 10. The van der Waals surface area contributed by atoms with E-state index in [1.807, 2.05) is 0 Å². The van der Waals surface area contributed by atoms with E-state index in [-0.39, 0.29) is 17.5 Å². The van der Waals surface area contributed by atoms with Crippen LogP contribution in [0.5, 0.6) is 0 Å². The van der Waals surface area contributed by atoms with Crippen molar-refractivity contribution >= 4 is 23.9 Å². The van der Waals surface area contributed by atoms with Gasteiger partial charge in [-0.1, -0.05) is 36.4 Å². The zero-order valence-electron chi connectivity index (χ0n) is 20.1. The summed E-state index contributed by atoms with van der Waals surface area (Å²) >= 11 is 0. The second-order valence-corrected chi connectivity index (χ2v) is 9.16. The van der Waals surface area contributed by atoms with Crippen LogP contribution in [-0.2, 0) is 33.3 Å². The smallest absolute Gasteiger partial charge is 0.352 e. The van der Waals surface area contributed by atoms with Gasteiger partial charge in [0.05, 0.1) is 11.1 Å². The first-order chi connectivity index (χ1) is 17.6. The summed E-state index contributed by atoms with van der Waals surface area (Å²) < 4.78 is 27.6. The first kappa shape index (κ1) is 26.3. The van der Waals surface area contributed by atoms with Gasteiger partial charge in [0.2, 0.25) is 12.2 Å². The van der Waals surface area contributed by atoms with Gasteiger partial charge in [-0.3, -0.25) is 0 Å². The van der Waals surface area contributed by atoms with Gasteiger partial charge in [0.1, 0.15) is 18.3 Å². The number of nitrogens with two attached hydrogens (primary N) is 1. The van der Waals surface area contributed by atoms with Crippen molar-refractivity contribution in [2.24, 2.45) is 5.73 Å². The fourth-order valence-electron chi connectivity index (χ4n) is 4.29. The maximum absolute atomic E-state index is 13.3. The highest BCUT2D eigenvalue weighted by atomic mass is 16.8. The predicted octanol–water partition coefficient (Wildman–Crippen LogP) is 1.69. The van der Waals surface area contributed by atoms with E-state index < -0.39 is 66.2 Å². The number of carboxylic acids is 1. The molecule has 0 unspecified atom stereocenters. The van der Waals surface area contributed by atoms with Crippen LogP contribution >= 0.6 is 0 Å². The molecule has 1 saturated heterocycles. The molecule has 0 aromatic heterocycles. The van der Waals surface area contributed by atoms with Gasteiger partial charge in [0.25, 0.3) is 0 Å². The fraction of sp³-hybridized carbons (Fsp3) is 0.385. The average Bonchev–Trinajstić information content (AvgIpc) is 3.34. The van der Waals surface area contributed by atoms with Gasteiger partial charge in [0, 0.05) is 12.5 Å². The molecular weight excluding hydrogens is 486 g/mol. The molecule has 11 nitrogen and oxygen atoms in total. The van der Waals surface area contributed by atoms with E-state index in [1.165, 1.54) is 24.3 Å². The maximum atomic E-state index is 13.3. The van der Waals surface area contributed by atoms with Gasteiger partial charge >= 0.3 is 23.9 Å². The maximum Gasteiger partial charge on any atom is 0.352 e. The van der Waals surface area contributed by atoms with Gasteiger partial charge in [0.15, 0.2) is 5.79 Å². The van der Waals surface area contributed by atoms with Crippen LogP contribution in [0, 0.1) is 0 Å². The summed E-state index contributed by atoms with van der Waals surface area (Å²) in [6, 6.07) is 14.7. The Balaban J connectivity index is 1.58. The van der Waals surface area contributed by atoms with Crippen LogP contribution < -0.4 is 5.73 Å². The topological polar surface area (TPSA) is 161 Å². The molecule has 4 rings (SSSR count). The molecule has 11 heteroatoms. The molecule has 3 N–H and O–H groups in total. The second kappa shape index (κ2) is 10.7. The summed E-state index contributed by atoms with van der Waals surface area (Å²) in [5.41, 5.74) is 6.23. The number of benzene rings is 2. The Hall–Kier alpha value is -3.80. The standard InChI is InChI=1S/C26H27NO10/c1-26(2)36-18-16(27)13-17(19(18)37-26)33-25(32)21(35-24(31)15-11-7-4-8-12-15)20(22(28)29)34-23(30)14-9-5-3-6-10-14/h3-12,16-21H,13,27H2,1-2H3,(H,28,29)/t16-,17+,18+,19-,20-,21-/m1/s1. The molecule has 0 radical (unpaired) electrons. The molecule has 1 aliphatic carbocycles. The monoisotopic (exact) mass is 513 g/mol. The molecule has 1 aliphatic heterocycles. The highest BCUT2D eigenvalue weighted by Gasteiger charge is 2.55. The third-order valence-corrected chi connectivity index (χ3v) is 5.96. The number of carbonyl (C=O) groups is 4. The van der Waals surface area contributed by atoms with Crippen LogP contribution in [0.3, 0.4) is 0 Å². The average molecular weight is 513 g/mol. The van der Waals surface area contributed by atoms with Crippen molar-refractivity contribution in [3.05, 3.63) is 71.8 Å². The van der Waals surface area contributed by atoms with Gasteiger partial charge in [-0.05, 0) is 38.1 Å². The molecule has 2 fully saturated rings. The molecule has 2 aromatic carbocycles. The summed E-state index contributed by atoms with van der Waals surface area (Å²) in [6.45, 7) is 3.37. The summed E-state index contributed by atoms with van der Waals surface area (Å²) in [7, 11) is 0. The Morgan fingerprint density at radius 3 is 1.86 bits per heavy atom. The molecule has 1 saturated carbocycles. The van der Waals surface area contributed by atoms with E-state index in [1.54, 1.807) is 50.2 Å². The predicted molar refractivity (Wildman–Crippen MR) is 125 cm³/mol. The first-order valence-corrected chi connectivity index (χ1v) is 11.6. The normalized spacial score (nSPS) is 25.4. The van der Waals surface area contributed by atoms with Gasteiger partial charge in [-0.25, -0.2) is 19.2 Å². The minimum atomic E-state index is -2.20. The molecular formula is C26H27NO10. The van der Waals surface area contributed by atoms with Crippen LogP contribution in [-0.4, -0.2) is 71.3 Å². The van der Waals surface area contributed by atoms with Crippen LogP contribution in [0.2, 0.25) is 0 Å². The molecule has 2 aliphatic rings. The van der Waals surface area contributed by atoms with Crippen molar-refractivity contribution in [2.75, 3.05) is 0 Å². The zero-order valence-corrected chi connectivity index (χ0v) is 20.1. The highest BCUT2D eigenvalue weighted by molar-refractivity contribution is 5.95. The Morgan fingerprint density at radius 2 is 1.35 bits per heavy atom. The third-order valence-electron chi connectivity index (χ3n) is 5.96. The number of carboxylic acid groups (broad SMARTS) is 1. The number of aliphatic carboxylic acids is 1. The lowest BCUT2D eigenvalue weighted by Crippen LogP contribution is -2.48. The van der Waals surface area contributed by atoms with Crippen LogP contribution in [0.15, 0.2) is 60.7 Å². The Labute approximate surface area is 212 Å². The number of ether oxygens (including phenoxy) is 5. The lowest BCUT2D eigenvalue weighted by Gasteiger charge is -2.26. The number of hydrogen-bond donors (Lipinski definition) is 2. The third kappa shape index (κ3) is 5.96. The number of rotatable bonds is 8. The van der Waals surface area contributed by atoms with Crippen LogP contribution in [0.4, 0.5) is 0 Å². The van der Waals surface area contributed by atoms with E-state index >= 15 is 0 Å². The van der Waals surface area contributed by atoms with Crippen molar-refractivity contribution in [1.82, 2.24) is 0 Å². The quantitative estimate of drug-likeness (QED) is 0.390. The van der Waals surface area contributed by atoms with Gasteiger partial charge in [-0.15, -0.1) is 0 Å². The second-order valence-electron chi connectivity index (χ2n) is 9.16. The lowest BCUT2D eigenvalue weighted by atomic mass is 10.1. The van der Waals surface area contributed by atoms with E-state index in [4.69, 9.17) is 29.4 Å². The molecule has 37 heavy (non-hydrogen) atoms. The van der Waals surface area contributed by atoms with Crippen molar-refractivity contribution in [1.29, 1.82) is 0 Å². The lowest BCUT2D eigenvalue weighted by molar-refractivity contribution is -0.187. The molecule has 0 bridgehead atoms. The first-order valence-electron chi connectivity index (χ1n) is 11.6. The van der Waals surface area contributed by atoms with E-state index in [9.17, 15) is 24.3 Å². The summed E-state index contributed by atoms with van der Waals surface area (Å²) in [6.07, 6.45) is -6.33. The number of carbonyl (C=O) groups excluding carboxylic acids is 3. The minimum absolute atomic E-state index is 0.0404. The molecule has 0 spiro atoms. The zero-order chi connectivity index (χ0) is 26.7. The highest BCUT2D eigenvalue weighted by Crippen LogP contribution is 2.39. The van der Waals surface area contributed by atoms with E-state index in [2.05, 4.69) is 0 Å². The minimum Gasteiger partial charge on any atom is -0.478 e. The van der Waals surface area contributed by atoms with Crippen LogP contribution in [0.25, 0.3) is 0 Å². The molecule has 0 amide bonds. The number of esters is 3. The van der Waals surface area contributed by atoms with Crippen molar-refractivity contribution in [3.63, 3.8) is 0 Å². The van der Waals surface area contributed by atoms with Crippen molar-refractivity contribution in [3.8, 4) is 0 Å². The van der Waals surface area contributed by atoms with Crippen LogP contribution in [0.1, 0.15) is 41.0 Å². The summed E-state index contributed by atoms with van der Waals surface area (Å²) in [4.78, 5) is 50.8. The Morgan fingerprint density at radius 1 is 0.865 bits per heavy atom. The Bertz CT molecular complexity index is 1150. The molecule has 2 aromatic rings. The fourth-order valence-corrected chi connectivity index (χ4v) is 4.29. The van der Waals surface area contributed by atoms with E-state index in [0.717, 1.165) is 0 Å². The SMILES string of the molecule is CC1(C)O[C@@H]2[C@H](O1)[C@@H](OC(=O)[C@H](OC(=O)c1ccccc1)[C@@H](OC(=O)c1ccccc1)C(=O)O)C[C@H]2N. The number of fused-ring (bicyclic) bond motifs is 1. The van der Waals surface area contributed by atoms with Crippen molar-refractivity contribution in [2.45, 2.75) is 62.6 Å². The largest absolute Gasteiger partial charge is 0.478 e. The Kier molecular flexibility index (Phi) is 7.58. The molecule has 6 atom stereocenters. The summed E-state index contributed by atoms with van der Waals surface area (Å²) in [5, 5.41) is 9.85. The molecule has 196 valence electrons.